The van der Waals surface area contributed by atoms with E-state index in [-0.39, 0.29) is 0 Å². The largest absolute Gasteiger partial charge is 0.453 e. The Bertz CT molecular complexity index is 2050. The van der Waals surface area contributed by atoms with Crippen molar-refractivity contribution >= 4 is 27.8 Å². The average molecular weight is 554 g/mol. The molecule has 0 spiro atoms. The summed E-state index contributed by atoms with van der Waals surface area (Å²) in [6.07, 6.45) is 0. The molecule has 7 aromatic rings. The van der Waals surface area contributed by atoms with Gasteiger partial charge in [0.25, 0.3) is 0 Å². The molecule has 0 radical (unpaired) electrons. The molecule has 0 bridgehead atoms. The second kappa shape index (κ2) is 10.6. The van der Waals surface area contributed by atoms with Crippen molar-refractivity contribution in [2.24, 2.45) is 0 Å². The lowest BCUT2D eigenvalue weighted by Crippen LogP contribution is -2.09. The molecule has 1 aliphatic rings. The van der Waals surface area contributed by atoms with Crippen molar-refractivity contribution in [1.82, 2.24) is 0 Å². The van der Waals surface area contributed by atoms with Gasteiger partial charge in [-0.1, -0.05) is 109 Å². The van der Waals surface area contributed by atoms with Crippen LogP contribution >= 0.6 is 0 Å². The lowest BCUT2D eigenvalue weighted by Gasteiger charge is -2.26. The van der Waals surface area contributed by atoms with Crippen LogP contribution in [0.25, 0.3) is 33.0 Å². The highest BCUT2D eigenvalue weighted by molar-refractivity contribution is 5.95. The van der Waals surface area contributed by atoms with Crippen LogP contribution in [0.2, 0.25) is 0 Å². The van der Waals surface area contributed by atoms with Crippen molar-refractivity contribution in [3.05, 3.63) is 164 Å². The molecule has 8 rings (SSSR count). The number of para-hydroxylation sites is 2. The quantitative estimate of drug-likeness (QED) is 0.212. The average Bonchev–Trinajstić information content (AvgIpc) is 3.24. The minimum Gasteiger partial charge on any atom is -0.453 e. The van der Waals surface area contributed by atoms with Gasteiger partial charge in [-0.05, 0) is 76.7 Å². The zero-order valence-corrected chi connectivity index (χ0v) is 23.4. The Balaban J connectivity index is 1.17. The van der Waals surface area contributed by atoms with Crippen LogP contribution in [-0.2, 0) is 0 Å². The van der Waals surface area contributed by atoms with Gasteiger partial charge >= 0.3 is 0 Å². The van der Waals surface area contributed by atoms with Crippen molar-refractivity contribution < 1.29 is 9.47 Å². The number of anilines is 3. The number of ether oxygens (including phenoxy) is 2. The van der Waals surface area contributed by atoms with E-state index < -0.39 is 0 Å². The molecule has 3 nitrogen and oxygen atoms in total. The summed E-state index contributed by atoms with van der Waals surface area (Å²) in [4.78, 5) is 2.28. The Labute approximate surface area is 250 Å². The van der Waals surface area contributed by atoms with Gasteiger partial charge < -0.3 is 14.4 Å². The van der Waals surface area contributed by atoms with Gasteiger partial charge in [0.2, 0.25) is 0 Å². The molecule has 0 saturated carbocycles. The van der Waals surface area contributed by atoms with Crippen LogP contribution in [0.1, 0.15) is 0 Å². The monoisotopic (exact) mass is 553 g/mol. The molecule has 0 atom stereocenters. The smallest absolute Gasteiger partial charge is 0.177 e. The van der Waals surface area contributed by atoms with E-state index >= 15 is 0 Å². The maximum Gasteiger partial charge on any atom is 0.177 e. The molecule has 0 unspecified atom stereocenters. The zero-order valence-electron chi connectivity index (χ0n) is 23.4. The highest BCUT2D eigenvalue weighted by atomic mass is 16.5. The van der Waals surface area contributed by atoms with Gasteiger partial charge in [0.05, 0.1) is 5.39 Å². The third-order valence-electron chi connectivity index (χ3n) is 7.92. The fourth-order valence-electron chi connectivity index (χ4n) is 5.85. The molecule has 1 aliphatic heterocycles. The number of nitrogens with zero attached hydrogens (tertiary/aromatic N) is 1. The van der Waals surface area contributed by atoms with Crippen LogP contribution in [0.15, 0.2) is 164 Å². The first kappa shape index (κ1) is 25.0. The summed E-state index contributed by atoms with van der Waals surface area (Å²) in [7, 11) is 0. The summed E-state index contributed by atoms with van der Waals surface area (Å²) in [5.41, 5.74) is 7.68. The minimum absolute atomic E-state index is 0.703. The van der Waals surface area contributed by atoms with Gasteiger partial charge in [-0.15, -0.1) is 0 Å². The predicted molar refractivity (Wildman–Crippen MR) is 176 cm³/mol. The minimum atomic E-state index is 0.703. The number of fused-ring (bicyclic) bond motifs is 1. The van der Waals surface area contributed by atoms with E-state index in [2.05, 4.69) is 120 Å². The topological polar surface area (TPSA) is 21.7 Å². The van der Waals surface area contributed by atoms with Crippen LogP contribution in [0.4, 0.5) is 17.1 Å². The summed E-state index contributed by atoms with van der Waals surface area (Å²) in [5.74, 6) is 3.02. The molecule has 43 heavy (non-hydrogen) atoms. The standard InChI is InChI=1S/C40H27NO2/c1-3-10-28(11-4-1)29-20-24-33(25-21-29)41(32-14-5-2-6-15-32)34-26-22-30(23-27-34)35-16-9-19-38-40(35)43-37-18-8-13-31-12-7-17-36(42-38)39(31)37/h1-27H. The number of benzene rings is 7. The van der Waals surface area contributed by atoms with Gasteiger partial charge in [-0.25, -0.2) is 0 Å². The Morgan fingerprint density at radius 3 is 1.53 bits per heavy atom. The van der Waals surface area contributed by atoms with E-state index in [1.165, 1.54) is 11.1 Å². The van der Waals surface area contributed by atoms with Gasteiger partial charge in [-0.3, -0.25) is 0 Å². The molecule has 0 amide bonds. The Hall–Kier alpha value is -5.80. The molecular formula is C40H27NO2. The number of rotatable bonds is 5. The van der Waals surface area contributed by atoms with Crippen LogP contribution in [0, 0.1) is 0 Å². The molecule has 0 aromatic heterocycles. The highest BCUT2D eigenvalue weighted by Gasteiger charge is 2.22. The van der Waals surface area contributed by atoms with Crippen molar-refractivity contribution in [3.8, 4) is 45.3 Å². The van der Waals surface area contributed by atoms with Crippen molar-refractivity contribution in [2.75, 3.05) is 4.90 Å². The molecule has 3 heteroatoms. The van der Waals surface area contributed by atoms with E-state index in [0.717, 1.165) is 56.2 Å². The number of hydrogen-bond acceptors (Lipinski definition) is 3. The summed E-state index contributed by atoms with van der Waals surface area (Å²) in [6.45, 7) is 0. The fraction of sp³-hybridized carbons (Fsp3) is 0. The van der Waals surface area contributed by atoms with Gasteiger partial charge in [0.1, 0.15) is 11.5 Å². The maximum atomic E-state index is 6.59. The molecular weight excluding hydrogens is 526 g/mol. The van der Waals surface area contributed by atoms with E-state index in [0.29, 0.717) is 5.75 Å². The van der Waals surface area contributed by atoms with Gasteiger partial charge in [0.15, 0.2) is 11.5 Å². The molecule has 0 saturated heterocycles. The molecule has 204 valence electrons. The first-order valence-electron chi connectivity index (χ1n) is 14.4. The second-order valence-electron chi connectivity index (χ2n) is 10.6. The normalized spacial score (nSPS) is 11.6. The predicted octanol–water partition coefficient (Wildman–Crippen LogP) is 11.5. The molecule has 7 aromatic carbocycles. The SMILES string of the molecule is c1ccc(-c2ccc(N(c3ccccc3)c3ccc(-c4cccc5c4Oc4cccc6cccc(c46)O5)cc3)cc2)cc1. The molecule has 0 fully saturated rings. The molecule has 0 aliphatic carbocycles. The van der Waals surface area contributed by atoms with Crippen LogP contribution in [-0.4, -0.2) is 0 Å². The lowest BCUT2D eigenvalue weighted by atomic mass is 10.0. The Morgan fingerprint density at radius 1 is 0.349 bits per heavy atom. The number of hydrogen-bond donors (Lipinski definition) is 0. The summed E-state index contributed by atoms with van der Waals surface area (Å²) in [5, 5.41) is 2.07. The van der Waals surface area contributed by atoms with E-state index in [1.807, 2.05) is 48.5 Å². The summed E-state index contributed by atoms with van der Waals surface area (Å²) in [6, 6.07) is 56.6. The van der Waals surface area contributed by atoms with Crippen molar-refractivity contribution in [3.63, 3.8) is 0 Å². The zero-order chi connectivity index (χ0) is 28.6. The Kier molecular flexibility index (Phi) is 6.12. The Morgan fingerprint density at radius 2 is 0.860 bits per heavy atom. The van der Waals surface area contributed by atoms with Crippen LogP contribution in [0.3, 0.4) is 0 Å². The second-order valence-corrected chi connectivity index (χ2v) is 10.6. The van der Waals surface area contributed by atoms with Gasteiger partial charge in [0, 0.05) is 22.6 Å². The first-order chi connectivity index (χ1) is 21.3. The van der Waals surface area contributed by atoms with Gasteiger partial charge in [-0.2, -0.15) is 0 Å². The molecule has 1 heterocycles. The van der Waals surface area contributed by atoms with E-state index in [1.54, 1.807) is 0 Å². The van der Waals surface area contributed by atoms with E-state index in [4.69, 9.17) is 9.47 Å². The fourth-order valence-corrected chi connectivity index (χ4v) is 5.85. The van der Waals surface area contributed by atoms with Crippen molar-refractivity contribution in [2.45, 2.75) is 0 Å². The summed E-state index contributed by atoms with van der Waals surface area (Å²) < 4.78 is 13.0. The maximum absolute atomic E-state index is 6.59. The third kappa shape index (κ3) is 4.58. The van der Waals surface area contributed by atoms with Crippen LogP contribution in [0.5, 0.6) is 23.0 Å². The first-order valence-corrected chi connectivity index (χ1v) is 14.4. The van der Waals surface area contributed by atoms with Crippen LogP contribution < -0.4 is 14.4 Å². The lowest BCUT2D eigenvalue weighted by molar-refractivity contribution is 0.440. The highest BCUT2D eigenvalue weighted by Crippen LogP contribution is 2.49. The van der Waals surface area contributed by atoms with E-state index in [9.17, 15) is 0 Å². The van der Waals surface area contributed by atoms with Crippen molar-refractivity contribution in [1.29, 1.82) is 0 Å². The third-order valence-corrected chi connectivity index (χ3v) is 7.92. The summed E-state index contributed by atoms with van der Waals surface area (Å²) >= 11 is 0. The molecule has 0 N–H and O–H groups in total.